The summed E-state index contributed by atoms with van der Waals surface area (Å²) >= 11 is 0. The van der Waals surface area contributed by atoms with Crippen molar-refractivity contribution in [2.75, 3.05) is 30.3 Å². The van der Waals surface area contributed by atoms with Gasteiger partial charge < -0.3 is 15.5 Å². The van der Waals surface area contributed by atoms with Gasteiger partial charge in [-0.3, -0.25) is 4.57 Å². The summed E-state index contributed by atoms with van der Waals surface area (Å²) in [6, 6.07) is 21.3. The minimum Gasteiger partial charge on any atom is -0.354 e. The number of para-hydroxylation sites is 1. The molecule has 3 aromatic heterocycles. The Hall–Kier alpha value is -4.86. The molecule has 39 heavy (non-hydrogen) atoms. The molecule has 2 aromatic carbocycles. The Balaban J connectivity index is 1.07. The Morgan fingerprint density at radius 2 is 1.92 bits per heavy atom. The molecule has 1 unspecified atom stereocenters. The quantitative estimate of drug-likeness (QED) is 0.310. The second kappa shape index (κ2) is 11.3. The van der Waals surface area contributed by atoms with Gasteiger partial charge in [0.25, 0.3) is 0 Å². The van der Waals surface area contributed by atoms with Gasteiger partial charge in [-0.25, -0.2) is 14.8 Å². The smallest absolute Gasteiger partial charge is 0.321 e. The van der Waals surface area contributed by atoms with Crippen molar-refractivity contribution in [2.24, 2.45) is 5.92 Å². The number of hydrogen-bond donors (Lipinski definition) is 2. The van der Waals surface area contributed by atoms with Crippen molar-refractivity contribution < 1.29 is 4.79 Å². The molecule has 1 aliphatic rings. The Morgan fingerprint density at radius 3 is 2.79 bits per heavy atom. The number of imidazole rings is 1. The number of likely N-dealkylation sites (tertiary alicyclic amines) is 1. The van der Waals surface area contributed by atoms with Crippen LogP contribution in [0.5, 0.6) is 0 Å². The first-order valence-corrected chi connectivity index (χ1v) is 13.2. The maximum absolute atomic E-state index is 12.7. The van der Waals surface area contributed by atoms with Gasteiger partial charge >= 0.3 is 6.03 Å². The molecule has 5 aromatic rings. The van der Waals surface area contributed by atoms with Crippen LogP contribution in [0.1, 0.15) is 19.3 Å². The van der Waals surface area contributed by atoms with Gasteiger partial charge in [0, 0.05) is 43.3 Å². The fraction of sp³-hybridized carbons (Fsp3) is 0.241. The lowest BCUT2D eigenvalue weighted by molar-refractivity contribution is 0.175. The molecule has 6 rings (SSSR count). The number of piperidine rings is 1. The van der Waals surface area contributed by atoms with Crippen LogP contribution in [-0.4, -0.2) is 60.3 Å². The lowest BCUT2D eigenvalue weighted by Gasteiger charge is -2.32. The average molecular weight is 520 g/mol. The summed E-state index contributed by atoms with van der Waals surface area (Å²) in [4.78, 5) is 28.3. The molecule has 1 saturated heterocycles. The van der Waals surface area contributed by atoms with Crippen LogP contribution in [0.25, 0.3) is 28.1 Å². The standard InChI is InChI=1S/C29H29N9O/c39-29(34-23-7-2-1-3-8-23)37-17-5-6-21(19-37)12-15-30-28-31-16-13-27(35-28)38-20-32-25-18-22(10-11-26(25)38)24-9-4-14-33-36-24/h1-4,7-11,13-14,16,18,20-21H,5-6,12,15,17,19H2,(H,34,39)(H,30,31,35). The van der Waals surface area contributed by atoms with Crippen molar-refractivity contribution >= 4 is 28.7 Å². The molecular formula is C29H29N9O. The van der Waals surface area contributed by atoms with Gasteiger partial charge in [0.05, 0.1) is 16.7 Å². The van der Waals surface area contributed by atoms with Gasteiger partial charge in [-0.05, 0) is 67.6 Å². The summed E-state index contributed by atoms with van der Waals surface area (Å²) in [5, 5.41) is 14.5. The molecule has 2 amide bonds. The number of aromatic nitrogens is 6. The number of nitrogens with zero attached hydrogens (tertiary/aromatic N) is 7. The zero-order valence-corrected chi connectivity index (χ0v) is 21.4. The number of urea groups is 1. The van der Waals surface area contributed by atoms with E-state index in [1.54, 1.807) is 18.7 Å². The highest BCUT2D eigenvalue weighted by molar-refractivity contribution is 5.89. The number of benzene rings is 2. The minimum absolute atomic E-state index is 0.0359. The van der Waals surface area contributed by atoms with Crippen LogP contribution in [0.3, 0.4) is 0 Å². The average Bonchev–Trinajstić information content (AvgIpc) is 3.42. The van der Waals surface area contributed by atoms with E-state index < -0.39 is 0 Å². The van der Waals surface area contributed by atoms with Crippen LogP contribution in [0.15, 0.2) is 85.5 Å². The summed E-state index contributed by atoms with van der Waals surface area (Å²) in [6.45, 7) is 2.26. The van der Waals surface area contributed by atoms with Crippen LogP contribution in [-0.2, 0) is 0 Å². The number of nitrogens with one attached hydrogen (secondary N) is 2. The lowest BCUT2D eigenvalue weighted by Crippen LogP contribution is -2.42. The van der Waals surface area contributed by atoms with E-state index in [-0.39, 0.29) is 6.03 Å². The molecule has 0 spiro atoms. The Bertz CT molecular complexity index is 1560. The molecule has 1 aliphatic heterocycles. The number of carbonyl (C=O) groups is 1. The van der Waals surface area contributed by atoms with E-state index in [0.29, 0.717) is 11.9 Å². The number of amides is 2. The van der Waals surface area contributed by atoms with Gasteiger partial charge in [-0.1, -0.05) is 24.3 Å². The monoisotopic (exact) mass is 519 g/mol. The second-order valence-corrected chi connectivity index (χ2v) is 9.63. The summed E-state index contributed by atoms with van der Waals surface area (Å²) in [5.41, 5.74) is 4.39. The van der Waals surface area contributed by atoms with Gasteiger partial charge in [0.2, 0.25) is 5.95 Å². The first kappa shape index (κ1) is 24.5. The van der Waals surface area contributed by atoms with Crippen molar-refractivity contribution in [3.63, 3.8) is 0 Å². The summed E-state index contributed by atoms with van der Waals surface area (Å²) < 4.78 is 1.95. The van der Waals surface area contributed by atoms with E-state index in [1.165, 1.54) is 0 Å². The Kier molecular flexibility index (Phi) is 7.07. The van der Waals surface area contributed by atoms with Crippen LogP contribution in [0, 0.1) is 5.92 Å². The normalized spacial score (nSPS) is 15.3. The van der Waals surface area contributed by atoms with Gasteiger partial charge in [-0.15, -0.1) is 0 Å². The first-order chi connectivity index (χ1) is 19.2. The topological polar surface area (TPSA) is 114 Å². The zero-order valence-electron chi connectivity index (χ0n) is 21.4. The molecule has 4 heterocycles. The molecule has 0 radical (unpaired) electrons. The molecule has 0 saturated carbocycles. The summed E-state index contributed by atoms with van der Waals surface area (Å²) in [6.07, 6.45) is 8.23. The lowest BCUT2D eigenvalue weighted by atomic mass is 9.95. The third-order valence-electron chi connectivity index (χ3n) is 6.97. The number of carbonyl (C=O) groups excluding carboxylic acids is 1. The van der Waals surface area contributed by atoms with Gasteiger partial charge in [-0.2, -0.15) is 15.2 Å². The highest BCUT2D eigenvalue weighted by atomic mass is 16.2. The van der Waals surface area contributed by atoms with Crippen LogP contribution in [0.4, 0.5) is 16.4 Å². The molecule has 0 bridgehead atoms. The van der Waals surface area contributed by atoms with E-state index in [4.69, 9.17) is 4.98 Å². The highest BCUT2D eigenvalue weighted by Crippen LogP contribution is 2.24. The SMILES string of the molecule is O=C(Nc1ccccc1)N1CCCC(CCNc2nccc(-n3cnc4cc(-c5cccnn5)ccc43)n2)C1. The molecule has 196 valence electrons. The van der Waals surface area contributed by atoms with Crippen LogP contribution in [0.2, 0.25) is 0 Å². The number of anilines is 2. The molecule has 2 N–H and O–H groups in total. The molecule has 10 nitrogen and oxygen atoms in total. The number of hydrogen-bond acceptors (Lipinski definition) is 7. The fourth-order valence-corrected chi connectivity index (χ4v) is 4.98. The first-order valence-electron chi connectivity index (χ1n) is 13.2. The van der Waals surface area contributed by atoms with Crippen molar-refractivity contribution in [3.8, 4) is 17.1 Å². The number of fused-ring (bicyclic) bond motifs is 1. The molecule has 1 atom stereocenters. The minimum atomic E-state index is -0.0359. The van der Waals surface area contributed by atoms with Crippen molar-refractivity contribution in [1.82, 2.24) is 34.6 Å². The largest absolute Gasteiger partial charge is 0.354 e. The van der Waals surface area contributed by atoms with Crippen molar-refractivity contribution in [3.05, 3.63) is 85.5 Å². The maximum atomic E-state index is 12.7. The highest BCUT2D eigenvalue weighted by Gasteiger charge is 2.23. The van der Waals surface area contributed by atoms with Crippen molar-refractivity contribution in [2.45, 2.75) is 19.3 Å². The zero-order chi connectivity index (χ0) is 26.4. The van der Waals surface area contributed by atoms with Gasteiger partial charge in [0.15, 0.2) is 0 Å². The number of rotatable bonds is 7. The third kappa shape index (κ3) is 5.69. The van der Waals surface area contributed by atoms with Crippen molar-refractivity contribution in [1.29, 1.82) is 0 Å². The molecule has 1 fully saturated rings. The Morgan fingerprint density at radius 1 is 1.00 bits per heavy atom. The predicted molar refractivity (Wildman–Crippen MR) is 151 cm³/mol. The van der Waals surface area contributed by atoms with E-state index in [1.807, 2.05) is 76.2 Å². The molecule has 0 aliphatic carbocycles. The summed E-state index contributed by atoms with van der Waals surface area (Å²) in [7, 11) is 0. The van der Waals surface area contributed by atoms with E-state index in [0.717, 1.165) is 72.7 Å². The molecular weight excluding hydrogens is 490 g/mol. The molecule has 10 heteroatoms. The van der Waals surface area contributed by atoms with E-state index in [2.05, 4.69) is 30.8 Å². The van der Waals surface area contributed by atoms with Crippen LogP contribution >= 0.6 is 0 Å². The van der Waals surface area contributed by atoms with Gasteiger partial charge in [0.1, 0.15) is 12.1 Å². The second-order valence-electron chi connectivity index (χ2n) is 9.63. The van der Waals surface area contributed by atoms with E-state index in [9.17, 15) is 4.79 Å². The van der Waals surface area contributed by atoms with E-state index >= 15 is 0 Å². The Labute approximate surface area is 226 Å². The van der Waals surface area contributed by atoms with Crippen LogP contribution < -0.4 is 10.6 Å². The predicted octanol–water partition coefficient (Wildman–Crippen LogP) is 5.02. The maximum Gasteiger partial charge on any atom is 0.321 e. The fourth-order valence-electron chi connectivity index (χ4n) is 4.98. The third-order valence-corrected chi connectivity index (χ3v) is 6.97. The summed E-state index contributed by atoms with van der Waals surface area (Å²) in [5.74, 6) is 1.74.